The van der Waals surface area contributed by atoms with E-state index in [4.69, 9.17) is 21.9 Å². The van der Waals surface area contributed by atoms with E-state index >= 15 is 0 Å². The molecule has 6 nitrogen and oxygen atoms in total. The van der Waals surface area contributed by atoms with Gasteiger partial charge in [-0.1, -0.05) is 28.8 Å². The van der Waals surface area contributed by atoms with Gasteiger partial charge in [-0.25, -0.2) is 0 Å². The van der Waals surface area contributed by atoms with Crippen LogP contribution in [0.4, 0.5) is 0 Å². The highest BCUT2D eigenvalue weighted by Gasteiger charge is 2.28. The molecule has 2 atom stereocenters. The van der Waals surface area contributed by atoms with Crippen LogP contribution in [0, 0.1) is 0 Å². The lowest BCUT2D eigenvalue weighted by Crippen LogP contribution is -2.28. The van der Waals surface area contributed by atoms with Crippen LogP contribution < -0.4 is 0 Å². The minimum absolute atomic E-state index is 0.142. The summed E-state index contributed by atoms with van der Waals surface area (Å²) in [6.45, 7) is 1.77. The molecule has 1 rings (SSSR count). The van der Waals surface area contributed by atoms with Gasteiger partial charge in [-0.3, -0.25) is 4.79 Å². The Hall–Kier alpha value is -1.75. The van der Waals surface area contributed by atoms with Crippen molar-refractivity contribution >= 4 is 17.6 Å². The third-order valence-electron chi connectivity index (χ3n) is 2.21. The van der Waals surface area contributed by atoms with Crippen LogP contribution in [-0.2, 0) is 9.53 Å². The Morgan fingerprint density at radius 3 is 2.67 bits per heavy atom. The topological polar surface area (TPSA) is 95.3 Å². The summed E-state index contributed by atoms with van der Waals surface area (Å²) in [5, 5.41) is 13.8. The van der Waals surface area contributed by atoms with Crippen molar-refractivity contribution < 1.29 is 14.6 Å². The zero-order valence-corrected chi connectivity index (χ0v) is 10.4. The van der Waals surface area contributed by atoms with Crippen LogP contribution in [0.2, 0.25) is 5.02 Å². The molecule has 0 aliphatic rings. The number of hydrogen-bond acceptors (Lipinski definition) is 4. The van der Waals surface area contributed by atoms with Crippen LogP contribution in [0.5, 0.6) is 0 Å². The smallest absolute Gasteiger partial charge is 0.317 e. The minimum Gasteiger partial charge on any atom is -0.466 e. The first kappa shape index (κ1) is 14.3. The van der Waals surface area contributed by atoms with Gasteiger partial charge in [-0.15, -0.1) is 0 Å². The maximum atomic E-state index is 11.5. The molecule has 0 fully saturated rings. The number of ether oxygens (including phenoxy) is 1. The third kappa shape index (κ3) is 3.63. The van der Waals surface area contributed by atoms with Crippen molar-refractivity contribution in [1.82, 2.24) is 0 Å². The van der Waals surface area contributed by atoms with Gasteiger partial charge in [0.15, 0.2) is 6.04 Å². The second-order valence-corrected chi connectivity index (χ2v) is 3.83. The van der Waals surface area contributed by atoms with E-state index in [1.54, 1.807) is 31.2 Å². The lowest BCUT2D eigenvalue weighted by atomic mass is 10.0. The summed E-state index contributed by atoms with van der Waals surface area (Å²) in [5.74, 6) is -0.766. The number of esters is 1. The van der Waals surface area contributed by atoms with Gasteiger partial charge in [0.1, 0.15) is 0 Å². The zero-order chi connectivity index (χ0) is 13.5. The highest BCUT2D eigenvalue weighted by Crippen LogP contribution is 2.22. The fraction of sp³-hybridized carbons (Fsp3) is 0.364. The van der Waals surface area contributed by atoms with Crippen molar-refractivity contribution in [3.05, 3.63) is 45.3 Å². The summed E-state index contributed by atoms with van der Waals surface area (Å²) >= 11 is 5.71. The normalized spacial score (nSPS) is 13.3. The van der Waals surface area contributed by atoms with Crippen molar-refractivity contribution in [2.75, 3.05) is 6.61 Å². The molecule has 0 amide bonds. The summed E-state index contributed by atoms with van der Waals surface area (Å²) in [4.78, 5) is 14.1. The molecule has 1 N–H and O–H groups in total. The first-order chi connectivity index (χ1) is 8.60. The van der Waals surface area contributed by atoms with E-state index < -0.39 is 18.1 Å². The molecule has 2 unspecified atom stereocenters. The summed E-state index contributed by atoms with van der Waals surface area (Å²) in [5.41, 5.74) is 8.83. The first-order valence-corrected chi connectivity index (χ1v) is 5.62. The molecule has 0 saturated carbocycles. The SMILES string of the molecule is CCOC(=O)C(N=[N+]=[N-])C(O)c1ccc(Cl)cc1. The van der Waals surface area contributed by atoms with Gasteiger partial charge in [0.05, 0.1) is 12.7 Å². The molecule has 7 heteroatoms. The average Bonchev–Trinajstić information content (AvgIpc) is 2.36. The fourth-order valence-electron chi connectivity index (χ4n) is 1.36. The first-order valence-electron chi connectivity index (χ1n) is 5.24. The van der Waals surface area contributed by atoms with Crippen molar-refractivity contribution in [3.8, 4) is 0 Å². The maximum Gasteiger partial charge on any atom is 0.317 e. The van der Waals surface area contributed by atoms with Crippen molar-refractivity contribution in [2.24, 2.45) is 5.11 Å². The second-order valence-electron chi connectivity index (χ2n) is 3.40. The number of aliphatic hydroxyl groups excluding tert-OH is 1. The standard InChI is InChI=1S/C11H12ClN3O3/c1-2-18-11(17)9(14-15-13)10(16)7-3-5-8(12)6-4-7/h3-6,9-10,16H,2H2,1H3. The molecule has 0 bridgehead atoms. The van der Waals surface area contributed by atoms with Gasteiger partial charge in [0.2, 0.25) is 0 Å². The van der Waals surface area contributed by atoms with Gasteiger partial charge >= 0.3 is 5.97 Å². The van der Waals surface area contributed by atoms with Gasteiger partial charge in [-0.05, 0) is 30.2 Å². The van der Waals surface area contributed by atoms with Crippen molar-refractivity contribution in [3.63, 3.8) is 0 Å². The maximum absolute atomic E-state index is 11.5. The highest BCUT2D eigenvalue weighted by atomic mass is 35.5. The Balaban J connectivity index is 2.95. The average molecular weight is 270 g/mol. The van der Waals surface area contributed by atoms with E-state index in [9.17, 15) is 9.90 Å². The Labute approximate surface area is 109 Å². The van der Waals surface area contributed by atoms with Gasteiger partial charge in [-0.2, -0.15) is 0 Å². The molecule has 96 valence electrons. The van der Waals surface area contributed by atoms with Crippen molar-refractivity contribution in [1.29, 1.82) is 0 Å². The Morgan fingerprint density at radius 2 is 2.17 bits per heavy atom. The van der Waals surface area contributed by atoms with E-state index in [0.29, 0.717) is 10.6 Å². The number of halogens is 1. The van der Waals surface area contributed by atoms with E-state index in [1.807, 2.05) is 0 Å². The minimum atomic E-state index is -1.31. The van der Waals surface area contributed by atoms with Crippen LogP contribution in [-0.4, -0.2) is 23.7 Å². The zero-order valence-electron chi connectivity index (χ0n) is 9.65. The number of aliphatic hydroxyl groups is 1. The second kappa shape index (κ2) is 6.86. The Bertz CT molecular complexity index is 457. The molecule has 1 aromatic rings. The van der Waals surface area contributed by atoms with Crippen LogP contribution in [0.25, 0.3) is 10.4 Å². The largest absolute Gasteiger partial charge is 0.466 e. The molecule has 0 aromatic heterocycles. The number of azide groups is 1. The molecule has 18 heavy (non-hydrogen) atoms. The van der Waals surface area contributed by atoms with Crippen LogP contribution >= 0.6 is 11.6 Å². The van der Waals surface area contributed by atoms with E-state index in [0.717, 1.165) is 0 Å². The molecular weight excluding hydrogens is 258 g/mol. The number of hydrogen-bond donors (Lipinski definition) is 1. The molecule has 0 saturated heterocycles. The quantitative estimate of drug-likeness (QED) is 0.385. The Morgan fingerprint density at radius 1 is 1.56 bits per heavy atom. The lowest BCUT2D eigenvalue weighted by Gasteiger charge is -2.17. The molecular formula is C11H12ClN3O3. The molecule has 0 heterocycles. The summed E-state index contributed by atoms with van der Waals surface area (Å²) in [6.07, 6.45) is -1.27. The molecule has 0 radical (unpaired) electrons. The van der Waals surface area contributed by atoms with Crippen LogP contribution in [0.15, 0.2) is 29.4 Å². The van der Waals surface area contributed by atoms with Crippen LogP contribution in [0.1, 0.15) is 18.6 Å². The molecule has 1 aromatic carbocycles. The molecule has 0 aliphatic carbocycles. The van der Waals surface area contributed by atoms with E-state index in [-0.39, 0.29) is 6.61 Å². The Kier molecular flexibility index (Phi) is 5.45. The third-order valence-corrected chi connectivity index (χ3v) is 2.47. The van der Waals surface area contributed by atoms with Crippen molar-refractivity contribution in [2.45, 2.75) is 19.1 Å². The monoisotopic (exact) mass is 269 g/mol. The van der Waals surface area contributed by atoms with E-state index in [1.165, 1.54) is 0 Å². The summed E-state index contributed by atoms with van der Waals surface area (Å²) in [7, 11) is 0. The number of benzene rings is 1. The number of nitrogens with zero attached hydrogens (tertiary/aromatic N) is 3. The van der Waals surface area contributed by atoms with Crippen LogP contribution in [0.3, 0.4) is 0 Å². The van der Waals surface area contributed by atoms with Gasteiger partial charge in [0.25, 0.3) is 0 Å². The molecule has 0 spiro atoms. The number of carbonyl (C=O) groups excluding carboxylic acids is 1. The highest BCUT2D eigenvalue weighted by molar-refractivity contribution is 6.30. The number of carbonyl (C=O) groups is 1. The number of rotatable bonds is 5. The molecule has 0 aliphatic heterocycles. The lowest BCUT2D eigenvalue weighted by molar-refractivity contribution is -0.147. The summed E-state index contributed by atoms with van der Waals surface area (Å²) in [6, 6.07) is 4.92. The predicted molar refractivity (Wildman–Crippen MR) is 66.0 cm³/mol. The summed E-state index contributed by atoms with van der Waals surface area (Å²) < 4.78 is 4.73. The van der Waals surface area contributed by atoms with Gasteiger partial charge < -0.3 is 9.84 Å². The van der Waals surface area contributed by atoms with E-state index in [2.05, 4.69) is 10.0 Å². The fourth-order valence-corrected chi connectivity index (χ4v) is 1.49. The van der Waals surface area contributed by atoms with Gasteiger partial charge in [0, 0.05) is 9.93 Å². The predicted octanol–water partition coefficient (Wildman–Crippen LogP) is 2.62.